The Morgan fingerprint density at radius 3 is 2.50 bits per heavy atom. The molecule has 2 aromatic carbocycles. The highest BCUT2D eigenvalue weighted by molar-refractivity contribution is 6.06. The van der Waals surface area contributed by atoms with Gasteiger partial charge >= 0.3 is 0 Å². The zero-order valence-corrected chi connectivity index (χ0v) is 16.8. The Hall–Kier alpha value is -3.48. The van der Waals surface area contributed by atoms with Crippen molar-refractivity contribution in [1.29, 1.82) is 0 Å². The maximum Gasteiger partial charge on any atom is 0.269 e. The molecule has 0 unspecified atom stereocenters. The summed E-state index contributed by atoms with van der Waals surface area (Å²) in [7, 11) is 1.59. The fourth-order valence-electron chi connectivity index (χ4n) is 4.37. The Labute approximate surface area is 174 Å². The SMILES string of the molecule is COc1ccc(NC(=O)C2(c3ccc([N+](=O)[O-])cc3)CCCCC2)c2cccnc12. The number of benzene rings is 2. The van der Waals surface area contributed by atoms with Crippen LogP contribution in [0.1, 0.15) is 37.7 Å². The van der Waals surface area contributed by atoms with Crippen LogP contribution in [0.4, 0.5) is 11.4 Å². The fraction of sp³-hybridized carbons (Fsp3) is 0.304. The van der Waals surface area contributed by atoms with E-state index < -0.39 is 10.3 Å². The second-order valence-corrected chi connectivity index (χ2v) is 7.62. The van der Waals surface area contributed by atoms with E-state index in [0.717, 1.165) is 30.2 Å². The minimum Gasteiger partial charge on any atom is -0.494 e. The van der Waals surface area contributed by atoms with E-state index in [1.165, 1.54) is 12.1 Å². The number of pyridine rings is 1. The first-order valence-electron chi connectivity index (χ1n) is 10.0. The maximum atomic E-state index is 13.6. The molecule has 4 rings (SSSR count). The number of hydrogen-bond acceptors (Lipinski definition) is 5. The highest BCUT2D eigenvalue weighted by Crippen LogP contribution is 2.41. The molecule has 30 heavy (non-hydrogen) atoms. The van der Waals surface area contributed by atoms with Crippen molar-refractivity contribution in [2.75, 3.05) is 12.4 Å². The molecule has 0 aliphatic heterocycles. The van der Waals surface area contributed by atoms with E-state index in [1.54, 1.807) is 31.5 Å². The number of carbonyl (C=O) groups excluding carboxylic acids is 1. The van der Waals surface area contributed by atoms with Gasteiger partial charge in [0, 0.05) is 23.7 Å². The van der Waals surface area contributed by atoms with Gasteiger partial charge in [-0.15, -0.1) is 0 Å². The number of ether oxygens (including phenoxy) is 1. The third-order valence-electron chi connectivity index (χ3n) is 5.97. The summed E-state index contributed by atoms with van der Waals surface area (Å²) in [6.07, 6.45) is 6.07. The molecule has 1 aliphatic carbocycles. The lowest BCUT2D eigenvalue weighted by Crippen LogP contribution is -2.42. The van der Waals surface area contributed by atoms with Gasteiger partial charge in [0.25, 0.3) is 5.69 Å². The molecule has 1 aromatic heterocycles. The monoisotopic (exact) mass is 405 g/mol. The summed E-state index contributed by atoms with van der Waals surface area (Å²) in [5, 5.41) is 14.9. The minimum atomic E-state index is -0.707. The number of amides is 1. The van der Waals surface area contributed by atoms with Crippen LogP contribution in [0.5, 0.6) is 5.75 Å². The lowest BCUT2D eigenvalue weighted by atomic mass is 9.68. The van der Waals surface area contributed by atoms with E-state index in [-0.39, 0.29) is 11.6 Å². The lowest BCUT2D eigenvalue weighted by Gasteiger charge is -2.36. The molecule has 1 aliphatic rings. The molecular formula is C23H23N3O4. The first kappa shape index (κ1) is 19.8. The van der Waals surface area contributed by atoms with Crippen molar-refractivity contribution in [2.45, 2.75) is 37.5 Å². The predicted molar refractivity (Wildman–Crippen MR) is 115 cm³/mol. The van der Waals surface area contributed by atoms with Crippen molar-refractivity contribution in [2.24, 2.45) is 0 Å². The van der Waals surface area contributed by atoms with E-state index in [9.17, 15) is 14.9 Å². The molecule has 1 fully saturated rings. The molecule has 0 spiro atoms. The number of nitro benzene ring substituents is 1. The van der Waals surface area contributed by atoms with Gasteiger partial charge in [0.05, 0.1) is 23.1 Å². The highest BCUT2D eigenvalue weighted by atomic mass is 16.6. The smallest absolute Gasteiger partial charge is 0.269 e. The summed E-state index contributed by atoms with van der Waals surface area (Å²) in [4.78, 5) is 28.6. The first-order valence-corrected chi connectivity index (χ1v) is 10.0. The molecule has 3 aromatic rings. The first-order chi connectivity index (χ1) is 14.5. The van der Waals surface area contributed by atoms with E-state index in [4.69, 9.17) is 4.74 Å². The molecular weight excluding hydrogens is 382 g/mol. The van der Waals surface area contributed by atoms with Crippen LogP contribution in [-0.4, -0.2) is 22.9 Å². The number of aromatic nitrogens is 1. The molecule has 0 atom stereocenters. The molecule has 1 N–H and O–H groups in total. The van der Waals surface area contributed by atoms with Gasteiger partial charge in [0.2, 0.25) is 5.91 Å². The van der Waals surface area contributed by atoms with Crippen LogP contribution >= 0.6 is 0 Å². The van der Waals surface area contributed by atoms with Crippen LogP contribution in [0.15, 0.2) is 54.7 Å². The van der Waals surface area contributed by atoms with Crippen LogP contribution in [-0.2, 0) is 10.2 Å². The summed E-state index contributed by atoms with van der Waals surface area (Å²) in [5.74, 6) is 0.553. The molecule has 0 saturated heterocycles. The largest absolute Gasteiger partial charge is 0.494 e. The Bertz CT molecular complexity index is 1090. The van der Waals surface area contributed by atoms with Crippen molar-refractivity contribution in [3.63, 3.8) is 0 Å². The third-order valence-corrected chi connectivity index (χ3v) is 5.97. The van der Waals surface area contributed by atoms with Crippen molar-refractivity contribution >= 4 is 28.2 Å². The van der Waals surface area contributed by atoms with Crippen molar-refractivity contribution in [3.05, 3.63) is 70.4 Å². The van der Waals surface area contributed by atoms with E-state index in [2.05, 4.69) is 10.3 Å². The van der Waals surface area contributed by atoms with E-state index >= 15 is 0 Å². The maximum absolute atomic E-state index is 13.6. The van der Waals surface area contributed by atoms with Crippen LogP contribution in [0, 0.1) is 10.1 Å². The molecule has 1 saturated carbocycles. The highest BCUT2D eigenvalue weighted by Gasteiger charge is 2.41. The zero-order valence-electron chi connectivity index (χ0n) is 16.8. The Morgan fingerprint density at radius 1 is 1.10 bits per heavy atom. The van der Waals surface area contributed by atoms with Crippen molar-refractivity contribution in [3.8, 4) is 5.75 Å². The average molecular weight is 405 g/mol. The van der Waals surface area contributed by atoms with Gasteiger partial charge in [-0.05, 0) is 42.7 Å². The Kier molecular flexibility index (Phi) is 5.35. The second-order valence-electron chi connectivity index (χ2n) is 7.62. The number of carbonyl (C=O) groups is 1. The zero-order chi connectivity index (χ0) is 21.1. The number of rotatable bonds is 5. The lowest BCUT2D eigenvalue weighted by molar-refractivity contribution is -0.384. The molecule has 7 heteroatoms. The number of nitrogens with one attached hydrogen (secondary N) is 1. The number of fused-ring (bicyclic) bond motifs is 1. The van der Waals surface area contributed by atoms with Crippen molar-refractivity contribution in [1.82, 2.24) is 4.98 Å². The molecule has 1 heterocycles. The molecule has 154 valence electrons. The number of anilines is 1. The summed E-state index contributed by atoms with van der Waals surface area (Å²) in [6, 6.07) is 13.7. The fourth-order valence-corrected chi connectivity index (χ4v) is 4.37. The van der Waals surface area contributed by atoms with E-state index in [1.807, 2.05) is 18.2 Å². The van der Waals surface area contributed by atoms with Gasteiger partial charge in [0.15, 0.2) is 0 Å². The van der Waals surface area contributed by atoms with Gasteiger partial charge in [-0.25, -0.2) is 0 Å². The normalized spacial score (nSPS) is 15.5. The summed E-state index contributed by atoms with van der Waals surface area (Å²) in [6.45, 7) is 0. The average Bonchev–Trinajstić information content (AvgIpc) is 2.79. The van der Waals surface area contributed by atoms with Crippen molar-refractivity contribution < 1.29 is 14.5 Å². The summed E-state index contributed by atoms with van der Waals surface area (Å²) < 4.78 is 5.39. The Morgan fingerprint density at radius 2 is 1.83 bits per heavy atom. The topological polar surface area (TPSA) is 94.4 Å². The van der Waals surface area contributed by atoms with Gasteiger partial charge in [-0.1, -0.05) is 31.4 Å². The molecule has 7 nitrogen and oxygen atoms in total. The number of nitrogens with zero attached hydrogens (tertiary/aromatic N) is 2. The van der Waals surface area contributed by atoms with Gasteiger partial charge in [-0.3, -0.25) is 19.9 Å². The van der Waals surface area contributed by atoms with Gasteiger partial charge < -0.3 is 10.1 Å². The standard InChI is InChI=1S/C23H23N3O4/c1-30-20-12-11-19(18-6-5-15-24-21(18)20)25-22(27)23(13-3-2-4-14-23)16-7-9-17(10-8-16)26(28)29/h5-12,15H,2-4,13-14H2,1H3,(H,25,27). The summed E-state index contributed by atoms with van der Waals surface area (Å²) >= 11 is 0. The van der Waals surface area contributed by atoms with Gasteiger partial charge in [0.1, 0.15) is 11.3 Å². The Balaban J connectivity index is 1.72. The number of methoxy groups -OCH3 is 1. The quantitative estimate of drug-likeness (QED) is 0.476. The summed E-state index contributed by atoms with van der Waals surface area (Å²) in [5.41, 5.74) is 1.50. The van der Waals surface area contributed by atoms with Crippen LogP contribution in [0.3, 0.4) is 0 Å². The minimum absolute atomic E-state index is 0.0253. The molecule has 0 radical (unpaired) electrons. The molecule has 0 bridgehead atoms. The molecule has 1 amide bonds. The van der Waals surface area contributed by atoms with Crippen LogP contribution < -0.4 is 10.1 Å². The number of nitro groups is 1. The predicted octanol–water partition coefficient (Wildman–Crippen LogP) is 4.99. The van der Waals surface area contributed by atoms with Crippen LogP contribution in [0.25, 0.3) is 10.9 Å². The number of hydrogen-bond donors (Lipinski definition) is 1. The third kappa shape index (κ3) is 3.47. The second kappa shape index (κ2) is 8.10. The van der Waals surface area contributed by atoms with E-state index in [0.29, 0.717) is 29.8 Å². The van der Waals surface area contributed by atoms with Crippen LogP contribution in [0.2, 0.25) is 0 Å². The number of non-ortho nitro benzene ring substituents is 1. The van der Waals surface area contributed by atoms with Gasteiger partial charge in [-0.2, -0.15) is 0 Å².